The van der Waals surface area contributed by atoms with E-state index in [9.17, 15) is 18.0 Å². The highest BCUT2D eigenvalue weighted by atomic mass is 19.1. The minimum absolute atomic E-state index is 0.0970. The molecule has 0 atom stereocenters. The van der Waals surface area contributed by atoms with E-state index in [-0.39, 0.29) is 16.8 Å². The summed E-state index contributed by atoms with van der Waals surface area (Å²) in [6.45, 7) is 1.56. The SMILES string of the molecule is CN1N=C=C1CN1CCc2c(-c3c(F)cc(F)cc3F)cc(C(N)=O)nc2C1. The Hall–Kier alpha value is -3.16. The topological polar surface area (TPSA) is 74.8 Å². The highest BCUT2D eigenvalue weighted by Crippen LogP contribution is 2.34. The fraction of sp³-hybridized carbons (Fsp3) is 0.263. The van der Waals surface area contributed by atoms with Crippen LogP contribution in [-0.4, -0.2) is 46.8 Å². The number of hydrogen-bond acceptors (Lipinski definition) is 5. The van der Waals surface area contributed by atoms with E-state index in [0.717, 1.165) is 5.70 Å². The van der Waals surface area contributed by atoms with E-state index < -0.39 is 23.4 Å². The lowest BCUT2D eigenvalue weighted by molar-refractivity contribution is 0.0995. The third-order valence-electron chi connectivity index (χ3n) is 4.88. The van der Waals surface area contributed by atoms with E-state index in [1.807, 2.05) is 7.05 Å². The zero-order valence-electron chi connectivity index (χ0n) is 15.0. The van der Waals surface area contributed by atoms with Gasteiger partial charge in [-0.3, -0.25) is 14.7 Å². The molecule has 0 unspecified atom stereocenters. The van der Waals surface area contributed by atoms with Gasteiger partial charge in [0.15, 0.2) is 0 Å². The van der Waals surface area contributed by atoms with Gasteiger partial charge in [0.05, 0.1) is 11.3 Å². The van der Waals surface area contributed by atoms with Crippen LogP contribution in [0.3, 0.4) is 0 Å². The van der Waals surface area contributed by atoms with Crippen LogP contribution in [-0.2, 0) is 13.0 Å². The number of hydrazone groups is 1. The Balaban J connectivity index is 1.78. The van der Waals surface area contributed by atoms with Crippen LogP contribution < -0.4 is 5.73 Å². The van der Waals surface area contributed by atoms with Gasteiger partial charge in [0.2, 0.25) is 0 Å². The summed E-state index contributed by atoms with van der Waals surface area (Å²) in [5.74, 6) is -1.05. The van der Waals surface area contributed by atoms with Gasteiger partial charge in [0.1, 0.15) is 28.8 Å². The maximum Gasteiger partial charge on any atom is 0.267 e. The van der Waals surface area contributed by atoms with Crippen LogP contribution in [0.2, 0.25) is 0 Å². The summed E-state index contributed by atoms with van der Waals surface area (Å²) in [6.07, 6.45) is 0.459. The van der Waals surface area contributed by atoms with Gasteiger partial charge in [0.25, 0.3) is 5.91 Å². The van der Waals surface area contributed by atoms with E-state index in [4.69, 9.17) is 5.73 Å². The first kappa shape index (κ1) is 18.2. The average molecular weight is 387 g/mol. The minimum Gasteiger partial charge on any atom is -0.364 e. The molecule has 0 bridgehead atoms. The van der Waals surface area contributed by atoms with Crippen LogP contribution in [0.1, 0.15) is 21.7 Å². The molecular formula is C19H16F3N5O. The lowest BCUT2D eigenvalue weighted by Gasteiger charge is -2.32. The van der Waals surface area contributed by atoms with Crippen molar-refractivity contribution in [1.82, 2.24) is 14.9 Å². The number of rotatable bonds is 4. The Labute approximate surface area is 158 Å². The predicted molar refractivity (Wildman–Crippen MR) is 95.8 cm³/mol. The molecule has 0 saturated heterocycles. The second-order valence-electron chi connectivity index (χ2n) is 6.73. The van der Waals surface area contributed by atoms with E-state index in [1.165, 1.54) is 6.07 Å². The second-order valence-corrected chi connectivity index (χ2v) is 6.73. The van der Waals surface area contributed by atoms with Crippen LogP contribution >= 0.6 is 0 Å². The number of fused-ring (bicyclic) bond motifs is 1. The summed E-state index contributed by atoms with van der Waals surface area (Å²) in [7, 11) is 1.81. The summed E-state index contributed by atoms with van der Waals surface area (Å²) in [5.41, 5.74) is 7.10. The molecule has 0 spiro atoms. The third-order valence-corrected chi connectivity index (χ3v) is 4.88. The first-order chi connectivity index (χ1) is 13.3. The number of nitrogens with zero attached hydrogens (tertiary/aromatic N) is 4. The van der Waals surface area contributed by atoms with Gasteiger partial charge >= 0.3 is 0 Å². The molecule has 1 aromatic carbocycles. The zero-order valence-corrected chi connectivity index (χ0v) is 15.0. The van der Waals surface area contributed by atoms with Crippen LogP contribution in [0, 0.1) is 17.5 Å². The van der Waals surface area contributed by atoms with Crippen LogP contribution in [0.4, 0.5) is 13.2 Å². The molecule has 4 rings (SSSR count). The Kier molecular flexibility index (Phi) is 4.41. The van der Waals surface area contributed by atoms with E-state index in [1.54, 1.807) is 5.01 Å². The maximum atomic E-state index is 14.4. The molecule has 0 radical (unpaired) electrons. The first-order valence-electron chi connectivity index (χ1n) is 8.59. The number of likely N-dealkylation sites (N-methyl/N-ethyl adjacent to an activating group) is 1. The Bertz CT molecular complexity index is 1040. The molecule has 1 aromatic heterocycles. The van der Waals surface area contributed by atoms with Crippen molar-refractivity contribution in [2.75, 3.05) is 20.1 Å². The van der Waals surface area contributed by atoms with Crippen molar-refractivity contribution < 1.29 is 18.0 Å². The van der Waals surface area contributed by atoms with Crippen LogP contribution in [0.5, 0.6) is 0 Å². The number of carbonyl (C=O) groups excluding carboxylic acids is 1. The third kappa shape index (κ3) is 3.15. The molecule has 2 aliphatic rings. The molecule has 144 valence electrons. The Morgan fingerprint density at radius 1 is 1.25 bits per heavy atom. The number of carbonyl (C=O) groups is 1. The first-order valence-corrected chi connectivity index (χ1v) is 8.59. The standard InChI is InChI=1S/C19H16F3N5O/c1-26-11(7-24-26)8-27-3-2-12-13(6-16(19(23)28)25-17(12)9-27)18-14(21)4-10(20)5-15(18)22/h4-6H,2-3,8-9H2,1H3,(H2,23,28). The molecule has 6 nitrogen and oxygen atoms in total. The fourth-order valence-corrected chi connectivity index (χ4v) is 3.45. The molecule has 2 aromatic rings. The number of amides is 1. The smallest absolute Gasteiger partial charge is 0.267 e. The van der Waals surface area contributed by atoms with Crippen LogP contribution in [0.15, 0.2) is 29.0 Å². The van der Waals surface area contributed by atoms with Crippen molar-refractivity contribution in [2.45, 2.75) is 13.0 Å². The number of benzene rings is 1. The molecule has 0 fully saturated rings. The van der Waals surface area contributed by atoms with Crippen molar-refractivity contribution in [3.05, 3.63) is 58.3 Å². The number of halogens is 3. The van der Waals surface area contributed by atoms with E-state index >= 15 is 0 Å². The number of pyridine rings is 1. The number of hydrogen-bond donors (Lipinski definition) is 1. The van der Waals surface area contributed by atoms with Crippen molar-refractivity contribution in [3.63, 3.8) is 0 Å². The normalized spacial score (nSPS) is 15.9. The van der Waals surface area contributed by atoms with Gasteiger partial charge in [-0.2, -0.15) is 0 Å². The zero-order chi connectivity index (χ0) is 20.0. The lowest BCUT2D eigenvalue weighted by Crippen LogP contribution is -2.37. The van der Waals surface area contributed by atoms with Crippen molar-refractivity contribution in [1.29, 1.82) is 0 Å². The van der Waals surface area contributed by atoms with E-state index in [2.05, 4.69) is 20.9 Å². The summed E-state index contributed by atoms with van der Waals surface area (Å²) in [5, 5.41) is 5.61. The van der Waals surface area contributed by atoms with Gasteiger partial charge in [0, 0.05) is 44.7 Å². The fourth-order valence-electron chi connectivity index (χ4n) is 3.45. The summed E-state index contributed by atoms with van der Waals surface area (Å²) < 4.78 is 42.1. The Morgan fingerprint density at radius 2 is 1.96 bits per heavy atom. The molecule has 0 saturated carbocycles. The minimum atomic E-state index is -1.04. The monoisotopic (exact) mass is 387 g/mol. The van der Waals surface area contributed by atoms with Gasteiger partial charge in [-0.25, -0.2) is 18.2 Å². The number of primary amides is 1. The summed E-state index contributed by atoms with van der Waals surface area (Å²) in [4.78, 5) is 18.1. The molecule has 2 aliphatic heterocycles. The predicted octanol–water partition coefficient (Wildman–Crippen LogP) is 2.04. The van der Waals surface area contributed by atoms with Crippen molar-refractivity contribution in [2.24, 2.45) is 10.8 Å². The van der Waals surface area contributed by atoms with E-state index in [0.29, 0.717) is 49.4 Å². The highest BCUT2D eigenvalue weighted by molar-refractivity contribution is 5.92. The van der Waals surface area contributed by atoms with Crippen molar-refractivity contribution in [3.8, 4) is 11.1 Å². The Morgan fingerprint density at radius 3 is 2.54 bits per heavy atom. The maximum absolute atomic E-state index is 14.4. The average Bonchev–Trinajstić information content (AvgIpc) is 2.63. The number of aromatic nitrogens is 1. The molecule has 28 heavy (non-hydrogen) atoms. The van der Waals surface area contributed by atoms with Gasteiger partial charge < -0.3 is 5.73 Å². The molecule has 0 aliphatic carbocycles. The summed E-state index contributed by atoms with van der Waals surface area (Å²) in [6, 6.07) is 2.50. The molecular weight excluding hydrogens is 371 g/mol. The number of nitrogens with two attached hydrogens (primary N) is 1. The molecule has 2 N–H and O–H groups in total. The molecule has 9 heteroatoms. The van der Waals surface area contributed by atoms with Gasteiger partial charge in [-0.1, -0.05) is 0 Å². The molecule has 1 amide bonds. The van der Waals surface area contributed by atoms with Crippen LogP contribution in [0.25, 0.3) is 11.1 Å². The van der Waals surface area contributed by atoms with Gasteiger partial charge in [-0.15, -0.1) is 5.10 Å². The van der Waals surface area contributed by atoms with Crippen molar-refractivity contribution >= 4 is 11.8 Å². The second kappa shape index (κ2) is 6.78. The largest absolute Gasteiger partial charge is 0.364 e. The molecule has 3 heterocycles. The lowest BCUT2D eigenvalue weighted by atomic mass is 9.92. The summed E-state index contributed by atoms with van der Waals surface area (Å²) >= 11 is 0. The highest BCUT2D eigenvalue weighted by Gasteiger charge is 2.27. The van der Waals surface area contributed by atoms with Gasteiger partial charge in [-0.05, 0) is 23.6 Å². The quantitative estimate of drug-likeness (QED) is 0.871.